The molecule has 0 aliphatic rings. The van der Waals surface area contributed by atoms with Gasteiger partial charge in [-0.15, -0.1) is 12.4 Å². The average molecular weight is 338 g/mol. The monoisotopic (exact) mass is 337 g/mol. The molecule has 0 aliphatic heterocycles. The lowest BCUT2D eigenvalue weighted by Crippen LogP contribution is -2.37. The van der Waals surface area contributed by atoms with Gasteiger partial charge in [-0.25, -0.2) is 13.1 Å². The molecule has 0 heterocycles. The van der Waals surface area contributed by atoms with Crippen LogP contribution in [-0.2, 0) is 10.0 Å². The molecule has 1 rings (SSSR count). The number of amides is 1. The first-order valence-corrected chi connectivity index (χ1v) is 7.45. The summed E-state index contributed by atoms with van der Waals surface area (Å²) in [6, 6.07) is 3.94. The number of halogens is 1. The van der Waals surface area contributed by atoms with Crippen LogP contribution in [0.1, 0.15) is 17.3 Å². The second kappa shape index (κ2) is 8.18. The molecule has 0 saturated carbocycles. The van der Waals surface area contributed by atoms with Gasteiger partial charge in [0.15, 0.2) is 0 Å². The van der Waals surface area contributed by atoms with E-state index in [0.717, 1.165) is 0 Å². The van der Waals surface area contributed by atoms with E-state index in [1.807, 2.05) is 6.92 Å². The zero-order chi connectivity index (χ0) is 15.3. The van der Waals surface area contributed by atoms with Crippen LogP contribution in [0.4, 0.5) is 0 Å². The molecule has 120 valence electrons. The Morgan fingerprint density at radius 1 is 1.43 bits per heavy atom. The van der Waals surface area contributed by atoms with Gasteiger partial charge >= 0.3 is 0 Å². The van der Waals surface area contributed by atoms with Crippen LogP contribution in [0, 0.1) is 0 Å². The topological polar surface area (TPSA) is 111 Å². The number of carbonyl (C=O) groups is 1. The summed E-state index contributed by atoms with van der Waals surface area (Å²) in [6.45, 7) is 2.07. The zero-order valence-corrected chi connectivity index (χ0v) is 13.7. The summed E-state index contributed by atoms with van der Waals surface area (Å²) in [5.41, 5.74) is 5.23. The van der Waals surface area contributed by atoms with Crippen molar-refractivity contribution in [1.82, 2.24) is 10.0 Å². The summed E-state index contributed by atoms with van der Waals surface area (Å²) >= 11 is 0. The maximum absolute atomic E-state index is 12.1. The minimum absolute atomic E-state index is 0. The Labute approximate surface area is 130 Å². The smallest absolute Gasteiger partial charge is 0.252 e. The number of nitrogens with two attached hydrogens (primary N) is 1. The second-order valence-electron chi connectivity index (χ2n) is 4.27. The minimum Gasteiger partial charge on any atom is -0.496 e. The van der Waals surface area contributed by atoms with Gasteiger partial charge in [0.05, 0.1) is 17.6 Å². The lowest BCUT2D eigenvalue weighted by Gasteiger charge is -2.13. The summed E-state index contributed by atoms with van der Waals surface area (Å²) in [6.07, 6.45) is 0. The molecule has 1 aromatic rings. The number of sulfonamides is 1. The number of likely N-dealkylation sites (N-methyl/N-ethyl adjacent to an activating group) is 1. The van der Waals surface area contributed by atoms with Gasteiger partial charge in [-0.3, -0.25) is 4.79 Å². The van der Waals surface area contributed by atoms with Crippen LogP contribution >= 0.6 is 12.4 Å². The standard InChI is InChI=1S/C12H19N3O4S.ClH/c1-8(14-2)7-15-20(17,18)9-4-5-11(19-3)10(6-9)12(13)16;/h4-6,8,14-15H,7H2,1-3H3,(H2,13,16);1H. The molecule has 1 atom stereocenters. The van der Waals surface area contributed by atoms with Crippen LogP contribution in [0.15, 0.2) is 23.1 Å². The highest BCUT2D eigenvalue weighted by atomic mass is 35.5. The maximum Gasteiger partial charge on any atom is 0.252 e. The van der Waals surface area contributed by atoms with E-state index >= 15 is 0 Å². The van der Waals surface area contributed by atoms with Gasteiger partial charge in [-0.2, -0.15) is 0 Å². The predicted octanol–water partition coefficient (Wildman–Crippen LogP) is 0.102. The van der Waals surface area contributed by atoms with E-state index in [-0.39, 0.29) is 41.2 Å². The van der Waals surface area contributed by atoms with Gasteiger partial charge in [0, 0.05) is 12.6 Å². The Morgan fingerprint density at radius 2 is 2.05 bits per heavy atom. The van der Waals surface area contributed by atoms with Gasteiger partial charge in [0.25, 0.3) is 5.91 Å². The van der Waals surface area contributed by atoms with Gasteiger partial charge < -0.3 is 15.8 Å². The summed E-state index contributed by atoms with van der Waals surface area (Å²) in [5.74, 6) is -0.512. The highest BCUT2D eigenvalue weighted by Gasteiger charge is 2.18. The van der Waals surface area contributed by atoms with E-state index in [9.17, 15) is 13.2 Å². The summed E-state index contributed by atoms with van der Waals surface area (Å²) in [7, 11) is -0.588. The Bertz CT molecular complexity index is 592. The first kappa shape index (κ1) is 19.7. The molecular weight excluding hydrogens is 318 g/mol. The van der Waals surface area contributed by atoms with Crippen LogP contribution in [0.2, 0.25) is 0 Å². The van der Waals surface area contributed by atoms with E-state index in [0.29, 0.717) is 0 Å². The fourth-order valence-electron chi connectivity index (χ4n) is 1.47. The number of hydrogen-bond acceptors (Lipinski definition) is 5. The highest BCUT2D eigenvalue weighted by Crippen LogP contribution is 2.21. The quantitative estimate of drug-likeness (QED) is 0.653. The third-order valence-electron chi connectivity index (χ3n) is 2.82. The molecule has 0 radical (unpaired) electrons. The highest BCUT2D eigenvalue weighted by molar-refractivity contribution is 7.89. The minimum atomic E-state index is -3.70. The molecule has 0 fully saturated rings. The van der Waals surface area contributed by atoms with Crippen LogP contribution < -0.4 is 20.5 Å². The first-order valence-electron chi connectivity index (χ1n) is 5.96. The van der Waals surface area contributed by atoms with Crippen molar-refractivity contribution in [3.8, 4) is 5.75 Å². The summed E-state index contributed by atoms with van der Waals surface area (Å²) < 4.78 is 31.6. The number of ether oxygens (including phenoxy) is 1. The van der Waals surface area contributed by atoms with Crippen molar-refractivity contribution >= 4 is 28.3 Å². The second-order valence-corrected chi connectivity index (χ2v) is 6.03. The van der Waals surface area contributed by atoms with Crippen molar-refractivity contribution in [1.29, 1.82) is 0 Å². The SMILES string of the molecule is CNC(C)CNS(=O)(=O)c1ccc(OC)c(C(N)=O)c1.Cl. The van der Waals surface area contributed by atoms with Crippen molar-refractivity contribution in [2.24, 2.45) is 5.73 Å². The molecule has 0 aliphatic carbocycles. The molecule has 0 aromatic heterocycles. The lowest BCUT2D eigenvalue weighted by atomic mass is 10.2. The van der Waals surface area contributed by atoms with Crippen molar-refractivity contribution in [3.05, 3.63) is 23.8 Å². The number of methoxy groups -OCH3 is 1. The molecule has 7 nitrogen and oxygen atoms in total. The van der Waals surface area contributed by atoms with Crippen LogP contribution in [-0.4, -0.2) is 41.1 Å². The first-order chi connectivity index (χ1) is 9.31. The fraction of sp³-hybridized carbons (Fsp3) is 0.417. The molecular formula is C12H20ClN3O4S. The van der Waals surface area contributed by atoms with Crippen molar-refractivity contribution < 1.29 is 17.9 Å². The maximum atomic E-state index is 12.1. The Kier molecular flexibility index (Phi) is 7.65. The molecule has 0 saturated heterocycles. The number of primary amides is 1. The third-order valence-corrected chi connectivity index (χ3v) is 4.24. The average Bonchev–Trinajstić information content (AvgIpc) is 2.43. The third kappa shape index (κ3) is 5.16. The van der Waals surface area contributed by atoms with E-state index < -0.39 is 15.9 Å². The van der Waals surface area contributed by atoms with Gasteiger partial charge in [-0.05, 0) is 32.2 Å². The van der Waals surface area contributed by atoms with Gasteiger partial charge in [0.2, 0.25) is 10.0 Å². The molecule has 0 bridgehead atoms. The largest absolute Gasteiger partial charge is 0.496 e. The van der Waals surface area contributed by atoms with Crippen LogP contribution in [0.25, 0.3) is 0 Å². The number of hydrogen-bond donors (Lipinski definition) is 3. The van der Waals surface area contributed by atoms with E-state index in [1.54, 1.807) is 7.05 Å². The van der Waals surface area contributed by atoms with E-state index in [4.69, 9.17) is 10.5 Å². The number of benzene rings is 1. The Hall–Kier alpha value is -1.35. The number of carbonyl (C=O) groups excluding carboxylic acids is 1. The van der Waals surface area contributed by atoms with E-state index in [2.05, 4.69) is 10.0 Å². The normalized spacial score (nSPS) is 12.3. The van der Waals surface area contributed by atoms with Crippen molar-refractivity contribution in [2.45, 2.75) is 17.9 Å². The molecule has 1 aromatic carbocycles. The summed E-state index contributed by atoms with van der Waals surface area (Å²) in [5, 5.41) is 2.92. The van der Waals surface area contributed by atoms with Crippen LogP contribution in [0.3, 0.4) is 0 Å². The lowest BCUT2D eigenvalue weighted by molar-refractivity contribution is 0.0997. The van der Waals surface area contributed by atoms with Crippen molar-refractivity contribution in [3.63, 3.8) is 0 Å². The molecule has 0 spiro atoms. The Morgan fingerprint density at radius 3 is 2.52 bits per heavy atom. The number of rotatable bonds is 7. The van der Waals surface area contributed by atoms with Gasteiger partial charge in [-0.1, -0.05) is 0 Å². The molecule has 21 heavy (non-hydrogen) atoms. The van der Waals surface area contributed by atoms with E-state index in [1.165, 1.54) is 25.3 Å². The predicted molar refractivity (Wildman–Crippen MR) is 82.5 cm³/mol. The summed E-state index contributed by atoms with van der Waals surface area (Å²) in [4.78, 5) is 11.3. The fourth-order valence-corrected chi connectivity index (χ4v) is 2.62. The number of nitrogens with one attached hydrogen (secondary N) is 2. The van der Waals surface area contributed by atoms with Crippen LogP contribution in [0.5, 0.6) is 5.75 Å². The molecule has 1 amide bonds. The van der Waals surface area contributed by atoms with Gasteiger partial charge in [0.1, 0.15) is 5.75 Å². The molecule has 4 N–H and O–H groups in total. The Balaban J connectivity index is 0.00000400. The molecule has 9 heteroatoms. The van der Waals surface area contributed by atoms with Crippen molar-refractivity contribution in [2.75, 3.05) is 20.7 Å². The zero-order valence-electron chi connectivity index (χ0n) is 12.0. The molecule has 1 unspecified atom stereocenters.